The van der Waals surface area contributed by atoms with Gasteiger partial charge in [0.05, 0.1) is 5.02 Å². The Morgan fingerprint density at radius 1 is 1.04 bits per heavy atom. The summed E-state index contributed by atoms with van der Waals surface area (Å²) in [7, 11) is -3.69. The SMILES string of the molecule is O=C(NCCCc1ccccc1)c1ccc(Cl)c(S(=O)(=O)N2CCCCC2)c1. The number of carbonyl (C=O) groups is 1. The molecule has 0 atom stereocenters. The van der Waals surface area contributed by atoms with E-state index in [0.29, 0.717) is 25.2 Å². The average Bonchev–Trinajstić information content (AvgIpc) is 2.72. The lowest BCUT2D eigenvalue weighted by molar-refractivity contribution is 0.0953. The van der Waals surface area contributed by atoms with Crippen LogP contribution in [0.2, 0.25) is 5.02 Å². The van der Waals surface area contributed by atoms with Gasteiger partial charge in [0.25, 0.3) is 5.91 Å². The van der Waals surface area contributed by atoms with Crippen LogP contribution in [0.4, 0.5) is 0 Å². The van der Waals surface area contributed by atoms with E-state index in [2.05, 4.69) is 17.4 Å². The van der Waals surface area contributed by atoms with Gasteiger partial charge in [-0.2, -0.15) is 4.31 Å². The molecule has 28 heavy (non-hydrogen) atoms. The van der Waals surface area contributed by atoms with Gasteiger partial charge in [-0.15, -0.1) is 0 Å². The number of hydrogen-bond acceptors (Lipinski definition) is 3. The first-order valence-corrected chi connectivity index (χ1v) is 11.4. The van der Waals surface area contributed by atoms with Gasteiger partial charge in [-0.1, -0.05) is 48.4 Å². The molecule has 0 spiro atoms. The molecule has 1 heterocycles. The first kappa shape index (κ1) is 20.8. The van der Waals surface area contributed by atoms with Gasteiger partial charge in [-0.05, 0) is 49.4 Å². The quantitative estimate of drug-likeness (QED) is 0.691. The number of aryl methyl sites for hydroxylation is 1. The summed E-state index contributed by atoms with van der Waals surface area (Å²) in [6, 6.07) is 14.5. The highest BCUT2D eigenvalue weighted by molar-refractivity contribution is 7.89. The van der Waals surface area contributed by atoms with Crippen LogP contribution in [-0.2, 0) is 16.4 Å². The number of nitrogens with one attached hydrogen (secondary N) is 1. The van der Waals surface area contributed by atoms with Crippen LogP contribution in [0, 0.1) is 0 Å². The Bertz CT molecular complexity index is 911. The molecule has 0 bridgehead atoms. The zero-order chi connectivity index (χ0) is 20.0. The van der Waals surface area contributed by atoms with Gasteiger partial charge in [0.2, 0.25) is 10.0 Å². The summed E-state index contributed by atoms with van der Waals surface area (Å²) in [6.07, 6.45) is 4.40. The minimum atomic E-state index is -3.69. The maximum absolute atomic E-state index is 12.9. The van der Waals surface area contributed by atoms with Crippen molar-refractivity contribution in [2.75, 3.05) is 19.6 Å². The molecule has 0 unspecified atom stereocenters. The van der Waals surface area contributed by atoms with Crippen molar-refractivity contribution >= 4 is 27.5 Å². The average molecular weight is 421 g/mol. The van der Waals surface area contributed by atoms with Crippen molar-refractivity contribution in [3.8, 4) is 0 Å². The van der Waals surface area contributed by atoms with Crippen LogP contribution in [-0.4, -0.2) is 38.3 Å². The summed E-state index contributed by atoms with van der Waals surface area (Å²) in [4.78, 5) is 12.5. The third kappa shape index (κ3) is 5.13. The maximum Gasteiger partial charge on any atom is 0.251 e. The second kappa shape index (κ2) is 9.54. The van der Waals surface area contributed by atoms with Crippen LogP contribution in [0.1, 0.15) is 41.6 Å². The molecule has 1 saturated heterocycles. The Hall–Kier alpha value is -1.89. The molecule has 3 rings (SSSR count). The normalized spacial score (nSPS) is 15.3. The molecule has 1 aliphatic heterocycles. The zero-order valence-electron chi connectivity index (χ0n) is 15.7. The van der Waals surface area contributed by atoms with Crippen molar-refractivity contribution in [1.29, 1.82) is 0 Å². The maximum atomic E-state index is 12.9. The third-order valence-corrected chi connectivity index (χ3v) is 7.28. The molecule has 1 fully saturated rings. The highest BCUT2D eigenvalue weighted by Crippen LogP contribution is 2.27. The highest BCUT2D eigenvalue weighted by atomic mass is 35.5. The smallest absolute Gasteiger partial charge is 0.251 e. The van der Waals surface area contributed by atoms with Gasteiger partial charge in [0.1, 0.15) is 4.90 Å². The molecule has 5 nitrogen and oxygen atoms in total. The molecular weight excluding hydrogens is 396 g/mol. The minimum absolute atomic E-state index is 0.00741. The second-order valence-corrected chi connectivity index (χ2v) is 9.27. The van der Waals surface area contributed by atoms with Crippen molar-refractivity contribution in [2.45, 2.75) is 37.0 Å². The van der Waals surface area contributed by atoms with E-state index in [4.69, 9.17) is 11.6 Å². The number of nitrogens with zero attached hydrogens (tertiary/aromatic N) is 1. The molecule has 0 radical (unpaired) electrons. The Kier molecular flexibility index (Phi) is 7.10. The lowest BCUT2D eigenvalue weighted by atomic mass is 10.1. The lowest BCUT2D eigenvalue weighted by Gasteiger charge is -2.26. The fraction of sp³-hybridized carbons (Fsp3) is 0.381. The Labute approximate surface area is 171 Å². The van der Waals surface area contributed by atoms with Crippen LogP contribution in [0.5, 0.6) is 0 Å². The van der Waals surface area contributed by atoms with Gasteiger partial charge >= 0.3 is 0 Å². The number of benzene rings is 2. The molecule has 150 valence electrons. The summed E-state index contributed by atoms with van der Waals surface area (Å²) in [5.41, 5.74) is 1.53. The standard InChI is InChI=1S/C21H25ClN2O3S/c22-19-12-11-18(16-20(19)28(26,27)24-14-5-2-6-15-24)21(25)23-13-7-10-17-8-3-1-4-9-17/h1,3-4,8-9,11-12,16H,2,5-7,10,13-15H2,(H,23,25). The predicted molar refractivity (Wildman–Crippen MR) is 111 cm³/mol. The van der Waals surface area contributed by atoms with E-state index in [1.54, 1.807) is 6.07 Å². The van der Waals surface area contributed by atoms with E-state index in [1.807, 2.05) is 18.2 Å². The monoisotopic (exact) mass is 420 g/mol. The summed E-state index contributed by atoms with van der Waals surface area (Å²) >= 11 is 6.16. The van der Waals surface area contributed by atoms with Crippen molar-refractivity contribution in [3.63, 3.8) is 0 Å². The van der Waals surface area contributed by atoms with Crippen molar-refractivity contribution in [1.82, 2.24) is 9.62 Å². The Morgan fingerprint density at radius 3 is 2.46 bits per heavy atom. The topological polar surface area (TPSA) is 66.5 Å². The van der Waals surface area contributed by atoms with Gasteiger partial charge in [-0.25, -0.2) is 8.42 Å². The third-order valence-electron chi connectivity index (χ3n) is 4.90. The number of sulfonamides is 1. The Balaban J connectivity index is 1.64. The molecule has 0 aliphatic carbocycles. The summed E-state index contributed by atoms with van der Waals surface area (Å²) in [5.74, 6) is -0.292. The summed E-state index contributed by atoms with van der Waals surface area (Å²) in [5, 5.41) is 3.00. The number of piperidine rings is 1. The van der Waals surface area contributed by atoms with E-state index in [1.165, 1.54) is 22.0 Å². The molecule has 0 saturated carbocycles. The van der Waals surface area contributed by atoms with Gasteiger partial charge in [0, 0.05) is 25.2 Å². The van der Waals surface area contributed by atoms with E-state index >= 15 is 0 Å². The molecule has 0 aromatic heterocycles. The number of rotatable bonds is 7. The first-order chi connectivity index (χ1) is 13.5. The summed E-state index contributed by atoms with van der Waals surface area (Å²) in [6.45, 7) is 1.51. The zero-order valence-corrected chi connectivity index (χ0v) is 17.3. The first-order valence-electron chi connectivity index (χ1n) is 9.60. The molecule has 1 N–H and O–H groups in total. The van der Waals surface area contributed by atoms with Crippen LogP contribution in [0.3, 0.4) is 0 Å². The largest absolute Gasteiger partial charge is 0.352 e. The van der Waals surface area contributed by atoms with Crippen LogP contribution in [0.15, 0.2) is 53.4 Å². The highest BCUT2D eigenvalue weighted by Gasteiger charge is 2.28. The van der Waals surface area contributed by atoms with Crippen molar-refractivity contribution in [3.05, 3.63) is 64.7 Å². The van der Waals surface area contributed by atoms with E-state index < -0.39 is 10.0 Å². The number of carbonyl (C=O) groups excluding carboxylic acids is 1. The molecule has 1 amide bonds. The van der Waals surface area contributed by atoms with Gasteiger partial charge in [0.15, 0.2) is 0 Å². The number of hydrogen-bond donors (Lipinski definition) is 1. The van der Waals surface area contributed by atoms with Gasteiger partial charge < -0.3 is 5.32 Å². The van der Waals surface area contributed by atoms with Crippen LogP contribution >= 0.6 is 11.6 Å². The van der Waals surface area contributed by atoms with E-state index in [9.17, 15) is 13.2 Å². The molecule has 2 aromatic carbocycles. The summed E-state index contributed by atoms with van der Waals surface area (Å²) < 4.78 is 27.3. The second-order valence-electron chi connectivity index (χ2n) is 6.95. The minimum Gasteiger partial charge on any atom is -0.352 e. The fourth-order valence-electron chi connectivity index (χ4n) is 3.33. The number of halogens is 1. The molecule has 1 aliphatic rings. The van der Waals surface area contributed by atoms with E-state index in [-0.39, 0.29) is 15.8 Å². The predicted octanol–water partition coefficient (Wildman–Crippen LogP) is 3.88. The van der Waals surface area contributed by atoms with Crippen molar-refractivity contribution in [2.24, 2.45) is 0 Å². The number of amides is 1. The molecule has 2 aromatic rings. The molecular formula is C21H25ClN2O3S. The fourth-order valence-corrected chi connectivity index (χ4v) is 5.35. The van der Waals surface area contributed by atoms with Crippen molar-refractivity contribution < 1.29 is 13.2 Å². The Morgan fingerprint density at radius 2 is 1.75 bits per heavy atom. The van der Waals surface area contributed by atoms with E-state index in [0.717, 1.165) is 32.1 Å². The lowest BCUT2D eigenvalue weighted by Crippen LogP contribution is -2.36. The van der Waals surface area contributed by atoms with Crippen LogP contribution in [0.25, 0.3) is 0 Å². The van der Waals surface area contributed by atoms with Crippen LogP contribution < -0.4 is 5.32 Å². The molecule has 7 heteroatoms. The van der Waals surface area contributed by atoms with Gasteiger partial charge in [-0.3, -0.25) is 4.79 Å².